The number of aromatic nitrogens is 2. The lowest BCUT2D eigenvalue weighted by atomic mass is 10.1. The third-order valence-electron chi connectivity index (χ3n) is 3.19. The molecule has 2 aromatic heterocycles. The second-order valence-corrected chi connectivity index (χ2v) is 5.40. The monoisotopic (exact) mass is 284 g/mol. The lowest BCUT2D eigenvalue weighted by molar-refractivity contribution is 0.102. The third-order valence-corrected chi connectivity index (χ3v) is 3.19. The molecule has 0 fully saturated rings. The summed E-state index contributed by atoms with van der Waals surface area (Å²) in [7, 11) is 0. The Kier molecular flexibility index (Phi) is 4.21. The van der Waals surface area contributed by atoms with Crippen LogP contribution in [0.1, 0.15) is 47.2 Å². The van der Waals surface area contributed by atoms with Gasteiger partial charge in [0.2, 0.25) is 0 Å². The molecule has 0 aliphatic heterocycles. The first-order valence-electron chi connectivity index (χ1n) is 6.90. The minimum absolute atomic E-state index is 0.209. The highest BCUT2D eigenvalue weighted by Gasteiger charge is 2.12. The SMILES string of the molecule is Cc1ccc(NC(=O)c2cc(N)nc(C(C)C)c2)c(C)n1. The Bertz CT molecular complexity index is 680. The van der Waals surface area contributed by atoms with Crippen LogP contribution in [0.25, 0.3) is 0 Å². The van der Waals surface area contributed by atoms with Gasteiger partial charge in [-0.15, -0.1) is 0 Å². The van der Waals surface area contributed by atoms with Crippen molar-refractivity contribution in [3.8, 4) is 0 Å². The molecule has 2 heterocycles. The van der Waals surface area contributed by atoms with Crippen molar-refractivity contribution in [3.05, 3.63) is 46.9 Å². The van der Waals surface area contributed by atoms with E-state index in [2.05, 4.69) is 15.3 Å². The van der Waals surface area contributed by atoms with E-state index in [1.54, 1.807) is 12.1 Å². The third kappa shape index (κ3) is 3.56. The maximum Gasteiger partial charge on any atom is 0.255 e. The van der Waals surface area contributed by atoms with E-state index in [4.69, 9.17) is 5.73 Å². The first kappa shape index (κ1) is 15.0. The molecule has 0 bridgehead atoms. The fourth-order valence-electron chi connectivity index (χ4n) is 2.01. The van der Waals surface area contributed by atoms with Crippen LogP contribution in [0.5, 0.6) is 0 Å². The number of carbonyl (C=O) groups excluding carboxylic acids is 1. The molecule has 2 aromatic rings. The summed E-state index contributed by atoms with van der Waals surface area (Å²) in [6.45, 7) is 7.80. The molecule has 0 aliphatic carbocycles. The van der Waals surface area contributed by atoms with Crippen LogP contribution in [0.3, 0.4) is 0 Å². The minimum Gasteiger partial charge on any atom is -0.384 e. The van der Waals surface area contributed by atoms with E-state index in [9.17, 15) is 4.79 Å². The van der Waals surface area contributed by atoms with Gasteiger partial charge in [-0.05, 0) is 44.0 Å². The first-order valence-corrected chi connectivity index (χ1v) is 6.90. The van der Waals surface area contributed by atoms with Gasteiger partial charge in [-0.2, -0.15) is 0 Å². The largest absolute Gasteiger partial charge is 0.384 e. The number of anilines is 2. The molecule has 110 valence electrons. The topological polar surface area (TPSA) is 80.9 Å². The zero-order valence-electron chi connectivity index (χ0n) is 12.8. The van der Waals surface area contributed by atoms with Gasteiger partial charge in [0.05, 0.1) is 11.4 Å². The van der Waals surface area contributed by atoms with Gasteiger partial charge in [-0.25, -0.2) is 4.98 Å². The van der Waals surface area contributed by atoms with Crippen LogP contribution in [0.2, 0.25) is 0 Å². The number of hydrogen-bond acceptors (Lipinski definition) is 4. The molecule has 5 heteroatoms. The lowest BCUT2D eigenvalue weighted by Crippen LogP contribution is -2.15. The van der Waals surface area contributed by atoms with Crippen LogP contribution in [0, 0.1) is 13.8 Å². The van der Waals surface area contributed by atoms with E-state index < -0.39 is 0 Å². The number of nitrogens with zero attached hydrogens (tertiary/aromatic N) is 2. The van der Waals surface area contributed by atoms with E-state index in [1.165, 1.54) is 0 Å². The first-order chi connectivity index (χ1) is 9.86. The summed E-state index contributed by atoms with van der Waals surface area (Å²) < 4.78 is 0. The molecule has 2 rings (SSSR count). The lowest BCUT2D eigenvalue weighted by Gasteiger charge is -2.11. The highest BCUT2D eigenvalue weighted by atomic mass is 16.1. The van der Waals surface area contributed by atoms with Crippen LogP contribution < -0.4 is 11.1 Å². The number of hydrogen-bond donors (Lipinski definition) is 2. The molecule has 3 N–H and O–H groups in total. The van der Waals surface area contributed by atoms with Gasteiger partial charge < -0.3 is 11.1 Å². The van der Waals surface area contributed by atoms with E-state index in [1.807, 2.05) is 39.8 Å². The van der Waals surface area contributed by atoms with Crippen LogP contribution in [-0.4, -0.2) is 15.9 Å². The smallest absolute Gasteiger partial charge is 0.255 e. The highest BCUT2D eigenvalue weighted by molar-refractivity contribution is 6.05. The quantitative estimate of drug-likeness (QED) is 0.907. The summed E-state index contributed by atoms with van der Waals surface area (Å²) in [5, 5.41) is 2.86. The van der Waals surface area contributed by atoms with Crippen LogP contribution in [0.15, 0.2) is 24.3 Å². The van der Waals surface area contributed by atoms with Gasteiger partial charge in [0.15, 0.2) is 0 Å². The molecule has 0 atom stereocenters. The van der Waals surface area contributed by atoms with Crippen molar-refractivity contribution in [1.29, 1.82) is 0 Å². The zero-order chi connectivity index (χ0) is 15.6. The van der Waals surface area contributed by atoms with Gasteiger partial charge >= 0.3 is 0 Å². The van der Waals surface area contributed by atoms with Crippen LogP contribution >= 0.6 is 0 Å². The van der Waals surface area contributed by atoms with Crippen molar-refractivity contribution < 1.29 is 4.79 Å². The fourth-order valence-corrected chi connectivity index (χ4v) is 2.01. The number of amides is 1. The number of nitrogens with two attached hydrogens (primary N) is 1. The van der Waals surface area contributed by atoms with E-state index in [-0.39, 0.29) is 11.8 Å². The standard InChI is InChI=1S/C16H20N4O/c1-9(2)14-7-12(8-15(17)19-14)16(21)20-13-6-5-10(3)18-11(13)4/h5-9H,1-4H3,(H2,17,19)(H,20,21). The maximum absolute atomic E-state index is 12.4. The second-order valence-electron chi connectivity index (χ2n) is 5.40. The molecular weight excluding hydrogens is 264 g/mol. The fraction of sp³-hybridized carbons (Fsp3) is 0.312. The van der Waals surface area contributed by atoms with E-state index >= 15 is 0 Å². The summed E-state index contributed by atoms with van der Waals surface area (Å²) in [5.41, 5.74) is 9.49. The second kappa shape index (κ2) is 5.91. The Morgan fingerprint density at radius 1 is 1.19 bits per heavy atom. The van der Waals surface area contributed by atoms with Gasteiger partial charge in [0, 0.05) is 17.0 Å². The molecule has 0 saturated carbocycles. The van der Waals surface area contributed by atoms with Crippen LogP contribution in [0.4, 0.5) is 11.5 Å². The van der Waals surface area contributed by atoms with Crippen molar-refractivity contribution in [1.82, 2.24) is 9.97 Å². The summed E-state index contributed by atoms with van der Waals surface area (Å²) in [6.07, 6.45) is 0. The maximum atomic E-state index is 12.4. The Balaban J connectivity index is 2.28. The average Bonchev–Trinajstić information content (AvgIpc) is 2.41. The Hall–Kier alpha value is -2.43. The molecule has 21 heavy (non-hydrogen) atoms. The number of nitrogens with one attached hydrogen (secondary N) is 1. The molecule has 1 amide bonds. The van der Waals surface area contributed by atoms with Gasteiger partial charge in [0.1, 0.15) is 5.82 Å². The molecule has 0 aliphatic rings. The number of rotatable bonds is 3. The molecular formula is C16H20N4O. The Morgan fingerprint density at radius 2 is 1.90 bits per heavy atom. The number of nitrogen functional groups attached to an aromatic ring is 1. The molecule has 0 spiro atoms. The van der Waals surface area contributed by atoms with Crippen molar-refractivity contribution >= 4 is 17.4 Å². The average molecular weight is 284 g/mol. The molecule has 0 aromatic carbocycles. The zero-order valence-corrected chi connectivity index (χ0v) is 12.8. The molecule has 5 nitrogen and oxygen atoms in total. The molecule has 0 unspecified atom stereocenters. The highest BCUT2D eigenvalue weighted by Crippen LogP contribution is 2.18. The van der Waals surface area contributed by atoms with E-state index in [0.29, 0.717) is 17.1 Å². The van der Waals surface area contributed by atoms with Gasteiger partial charge in [0.25, 0.3) is 5.91 Å². The van der Waals surface area contributed by atoms with Gasteiger partial charge in [-0.1, -0.05) is 13.8 Å². The summed E-state index contributed by atoms with van der Waals surface area (Å²) in [6, 6.07) is 7.07. The summed E-state index contributed by atoms with van der Waals surface area (Å²) in [5.74, 6) is 0.354. The summed E-state index contributed by atoms with van der Waals surface area (Å²) in [4.78, 5) is 20.9. The van der Waals surface area contributed by atoms with Crippen molar-refractivity contribution in [2.24, 2.45) is 0 Å². The number of aryl methyl sites for hydroxylation is 2. The van der Waals surface area contributed by atoms with Crippen molar-refractivity contribution in [2.75, 3.05) is 11.1 Å². The predicted octanol–water partition coefficient (Wildman–Crippen LogP) is 3.05. The molecule has 0 saturated heterocycles. The number of carbonyl (C=O) groups is 1. The Labute approximate surface area is 124 Å². The van der Waals surface area contributed by atoms with E-state index in [0.717, 1.165) is 17.1 Å². The summed E-state index contributed by atoms with van der Waals surface area (Å²) >= 11 is 0. The van der Waals surface area contributed by atoms with Crippen molar-refractivity contribution in [3.63, 3.8) is 0 Å². The minimum atomic E-state index is -0.209. The van der Waals surface area contributed by atoms with Gasteiger partial charge in [-0.3, -0.25) is 9.78 Å². The van der Waals surface area contributed by atoms with Crippen molar-refractivity contribution in [2.45, 2.75) is 33.6 Å². The van der Waals surface area contributed by atoms with Crippen LogP contribution in [-0.2, 0) is 0 Å². The Morgan fingerprint density at radius 3 is 2.52 bits per heavy atom. The normalized spacial score (nSPS) is 10.7. The predicted molar refractivity (Wildman–Crippen MR) is 84.4 cm³/mol. The molecule has 0 radical (unpaired) electrons. The number of pyridine rings is 2.